The Morgan fingerprint density at radius 3 is 2.73 bits per heavy atom. The number of hydrogen-bond acceptors (Lipinski definition) is 6. The first-order chi connectivity index (χ1) is 14.2. The summed E-state index contributed by atoms with van der Waals surface area (Å²) in [7, 11) is 1.86. The van der Waals surface area contributed by atoms with Gasteiger partial charge in [-0.05, 0) is 18.9 Å². The van der Waals surface area contributed by atoms with E-state index < -0.39 is 6.10 Å². The molecule has 0 saturated heterocycles. The van der Waals surface area contributed by atoms with Crippen molar-refractivity contribution in [3.63, 3.8) is 0 Å². The number of nitrogens with one attached hydrogen (secondary N) is 3. The number of nitrogens with zero attached hydrogens (tertiary/aromatic N) is 5. The van der Waals surface area contributed by atoms with Crippen molar-refractivity contribution in [2.75, 3.05) is 31.5 Å². The largest absolute Gasteiger partial charge is 0.388 e. The Bertz CT molecular complexity index is 931. The standard InChI is InChI=1S/C20H28N8O.HI/c1-3-21-20(23-10-9-17(29)15-7-5-4-6-8-15)24-12-11-22-18-16-13-27-28(2)19(16)26-14-25-18;/h4-8,13-14,17,29H,3,9-12H2,1-2H3,(H2,21,23,24)(H,22,25,26);1H. The van der Waals surface area contributed by atoms with Crippen LogP contribution in [0.15, 0.2) is 47.8 Å². The maximum absolute atomic E-state index is 10.3. The van der Waals surface area contributed by atoms with E-state index in [4.69, 9.17) is 0 Å². The van der Waals surface area contributed by atoms with E-state index in [1.807, 2.05) is 44.3 Å². The summed E-state index contributed by atoms with van der Waals surface area (Å²) in [6.45, 7) is 4.65. The molecule has 0 bridgehead atoms. The van der Waals surface area contributed by atoms with Crippen LogP contribution in [-0.4, -0.2) is 57.0 Å². The predicted octanol–water partition coefficient (Wildman–Crippen LogP) is 2.07. The number of guanidine groups is 1. The molecule has 4 N–H and O–H groups in total. The Balaban J connectivity index is 0.00000320. The Kier molecular flexibility index (Phi) is 9.74. The molecule has 2 aromatic heterocycles. The molecule has 162 valence electrons. The van der Waals surface area contributed by atoms with Gasteiger partial charge in [0.15, 0.2) is 11.6 Å². The Morgan fingerprint density at radius 1 is 1.17 bits per heavy atom. The van der Waals surface area contributed by atoms with Crippen LogP contribution in [0.5, 0.6) is 0 Å². The number of aliphatic imine (C=N–C) groups is 1. The molecule has 2 heterocycles. The SMILES string of the molecule is CCNC(=NCCC(O)c1ccccc1)NCCNc1ncnc2c1cnn2C.I. The Morgan fingerprint density at radius 2 is 1.97 bits per heavy atom. The number of aryl methyl sites for hydroxylation is 1. The summed E-state index contributed by atoms with van der Waals surface area (Å²) < 4.78 is 1.72. The van der Waals surface area contributed by atoms with E-state index in [9.17, 15) is 5.11 Å². The maximum atomic E-state index is 10.3. The first-order valence-electron chi connectivity index (χ1n) is 9.80. The van der Waals surface area contributed by atoms with Crippen LogP contribution in [0, 0.1) is 0 Å². The number of aromatic nitrogens is 4. The first-order valence-corrected chi connectivity index (χ1v) is 9.80. The summed E-state index contributed by atoms with van der Waals surface area (Å²) in [5, 5.41) is 25.2. The van der Waals surface area contributed by atoms with E-state index in [0.717, 1.165) is 34.9 Å². The molecule has 0 aliphatic rings. The van der Waals surface area contributed by atoms with Gasteiger partial charge in [-0.1, -0.05) is 30.3 Å². The molecule has 0 radical (unpaired) electrons. The number of anilines is 1. The van der Waals surface area contributed by atoms with Gasteiger partial charge in [-0.2, -0.15) is 5.10 Å². The molecule has 0 fully saturated rings. The third-order valence-corrected chi connectivity index (χ3v) is 4.44. The van der Waals surface area contributed by atoms with Crippen molar-refractivity contribution in [2.45, 2.75) is 19.4 Å². The molecule has 9 nitrogen and oxygen atoms in total. The van der Waals surface area contributed by atoms with Crippen LogP contribution >= 0.6 is 24.0 Å². The molecule has 0 aliphatic carbocycles. The lowest BCUT2D eigenvalue weighted by Crippen LogP contribution is -2.39. The molecule has 3 aromatic rings. The molecule has 0 spiro atoms. The minimum atomic E-state index is -0.510. The molecule has 0 saturated carbocycles. The number of rotatable bonds is 9. The highest BCUT2D eigenvalue weighted by molar-refractivity contribution is 14.0. The van der Waals surface area contributed by atoms with Crippen molar-refractivity contribution >= 4 is 46.8 Å². The minimum Gasteiger partial charge on any atom is -0.388 e. The Hall–Kier alpha value is -2.47. The molecule has 0 aliphatic heterocycles. The van der Waals surface area contributed by atoms with Crippen LogP contribution in [0.3, 0.4) is 0 Å². The van der Waals surface area contributed by atoms with Gasteiger partial charge in [-0.25, -0.2) is 9.97 Å². The van der Waals surface area contributed by atoms with Crippen molar-refractivity contribution < 1.29 is 5.11 Å². The van der Waals surface area contributed by atoms with Gasteiger partial charge in [0.2, 0.25) is 0 Å². The van der Waals surface area contributed by atoms with Gasteiger partial charge in [0.1, 0.15) is 12.1 Å². The molecule has 30 heavy (non-hydrogen) atoms. The average molecular weight is 524 g/mol. The molecule has 1 unspecified atom stereocenters. The van der Waals surface area contributed by atoms with Crippen molar-refractivity contribution in [3.8, 4) is 0 Å². The van der Waals surface area contributed by atoms with E-state index >= 15 is 0 Å². The molecular formula is C20H29IN8O. The van der Waals surface area contributed by atoms with Gasteiger partial charge in [-0.15, -0.1) is 24.0 Å². The average Bonchev–Trinajstić information content (AvgIpc) is 3.13. The maximum Gasteiger partial charge on any atom is 0.191 e. The summed E-state index contributed by atoms with van der Waals surface area (Å²) in [5.41, 5.74) is 1.71. The van der Waals surface area contributed by atoms with Crippen molar-refractivity contribution in [2.24, 2.45) is 12.0 Å². The molecule has 10 heteroatoms. The second kappa shape index (κ2) is 12.3. The van der Waals surface area contributed by atoms with Crippen LogP contribution in [0.25, 0.3) is 11.0 Å². The normalized spacial score (nSPS) is 12.3. The van der Waals surface area contributed by atoms with Crippen LogP contribution in [0.1, 0.15) is 25.0 Å². The summed E-state index contributed by atoms with van der Waals surface area (Å²) in [6, 6.07) is 9.65. The summed E-state index contributed by atoms with van der Waals surface area (Å²) in [6.07, 6.45) is 3.35. The topological polar surface area (TPSA) is 112 Å². The monoisotopic (exact) mass is 524 g/mol. The predicted molar refractivity (Wildman–Crippen MR) is 130 cm³/mol. The van der Waals surface area contributed by atoms with Crippen molar-refractivity contribution in [1.29, 1.82) is 0 Å². The smallest absolute Gasteiger partial charge is 0.191 e. The lowest BCUT2D eigenvalue weighted by atomic mass is 10.1. The second-order valence-corrected chi connectivity index (χ2v) is 6.56. The lowest BCUT2D eigenvalue weighted by Gasteiger charge is -2.13. The van der Waals surface area contributed by atoms with E-state index in [-0.39, 0.29) is 24.0 Å². The van der Waals surface area contributed by atoms with Gasteiger partial charge in [0, 0.05) is 33.2 Å². The molecule has 1 atom stereocenters. The highest BCUT2D eigenvalue weighted by Crippen LogP contribution is 2.17. The number of hydrogen-bond donors (Lipinski definition) is 4. The van der Waals surface area contributed by atoms with Crippen LogP contribution in [-0.2, 0) is 7.05 Å². The third-order valence-electron chi connectivity index (χ3n) is 4.44. The van der Waals surface area contributed by atoms with E-state index in [2.05, 4.69) is 36.0 Å². The van der Waals surface area contributed by atoms with Crippen molar-refractivity contribution in [3.05, 3.63) is 48.4 Å². The molecule has 3 rings (SSSR count). The van der Waals surface area contributed by atoms with Gasteiger partial charge in [0.05, 0.1) is 17.7 Å². The van der Waals surface area contributed by atoms with E-state index in [1.165, 1.54) is 6.33 Å². The quantitative estimate of drug-likeness (QED) is 0.147. The summed E-state index contributed by atoms with van der Waals surface area (Å²) in [4.78, 5) is 13.1. The first kappa shape index (κ1) is 23.8. The highest BCUT2D eigenvalue weighted by Gasteiger charge is 2.08. The zero-order chi connectivity index (χ0) is 20.5. The van der Waals surface area contributed by atoms with Crippen LogP contribution < -0.4 is 16.0 Å². The van der Waals surface area contributed by atoms with E-state index in [0.29, 0.717) is 26.1 Å². The lowest BCUT2D eigenvalue weighted by molar-refractivity contribution is 0.170. The number of aliphatic hydroxyl groups excluding tert-OH is 1. The van der Waals surface area contributed by atoms with Crippen LogP contribution in [0.2, 0.25) is 0 Å². The van der Waals surface area contributed by atoms with Crippen molar-refractivity contribution in [1.82, 2.24) is 30.4 Å². The van der Waals surface area contributed by atoms with Gasteiger partial charge in [-0.3, -0.25) is 9.67 Å². The molecule has 1 aromatic carbocycles. The van der Waals surface area contributed by atoms with E-state index in [1.54, 1.807) is 10.9 Å². The molecular weight excluding hydrogens is 495 g/mol. The van der Waals surface area contributed by atoms with Crippen LogP contribution in [0.4, 0.5) is 5.82 Å². The second-order valence-electron chi connectivity index (χ2n) is 6.56. The molecule has 0 amide bonds. The minimum absolute atomic E-state index is 0. The zero-order valence-corrected chi connectivity index (χ0v) is 19.6. The van der Waals surface area contributed by atoms with Gasteiger partial charge in [0.25, 0.3) is 0 Å². The third kappa shape index (κ3) is 6.52. The number of aliphatic hydroxyl groups is 1. The van der Waals surface area contributed by atoms with Gasteiger partial charge < -0.3 is 21.1 Å². The number of fused-ring (bicyclic) bond motifs is 1. The fourth-order valence-electron chi connectivity index (χ4n) is 2.95. The fourth-order valence-corrected chi connectivity index (χ4v) is 2.95. The number of benzene rings is 1. The fraction of sp³-hybridized carbons (Fsp3) is 0.400. The highest BCUT2D eigenvalue weighted by atomic mass is 127. The Labute approximate surface area is 193 Å². The summed E-state index contributed by atoms with van der Waals surface area (Å²) in [5.74, 6) is 1.49. The number of halogens is 1. The van der Waals surface area contributed by atoms with Gasteiger partial charge >= 0.3 is 0 Å². The summed E-state index contributed by atoms with van der Waals surface area (Å²) >= 11 is 0. The zero-order valence-electron chi connectivity index (χ0n) is 17.2.